The summed E-state index contributed by atoms with van der Waals surface area (Å²) in [6, 6.07) is 21.0. The largest absolute Gasteiger partial charge is 0.405 e. The lowest BCUT2D eigenvalue weighted by molar-refractivity contribution is -0.117. The molecule has 0 spiro atoms. The third-order valence-electron chi connectivity index (χ3n) is 5.17. The summed E-state index contributed by atoms with van der Waals surface area (Å²) in [5.41, 5.74) is 0. The van der Waals surface area contributed by atoms with Gasteiger partial charge in [0.15, 0.2) is 0 Å². The summed E-state index contributed by atoms with van der Waals surface area (Å²) in [5, 5.41) is 5.39. The topological polar surface area (TPSA) is 38.3 Å². The van der Waals surface area contributed by atoms with Crippen molar-refractivity contribution in [3.8, 4) is 0 Å². The predicted octanol–water partition coefficient (Wildman–Crippen LogP) is 4.20. The van der Waals surface area contributed by atoms with Gasteiger partial charge >= 0.3 is 0 Å². The second-order valence-electron chi connectivity index (χ2n) is 8.25. The summed E-state index contributed by atoms with van der Waals surface area (Å²) < 4.78 is 6.93. The fourth-order valence-electron chi connectivity index (χ4n) is 3.76. The number of benzene rings is 2. The van der Waals surface area contributed by atoms with E-state index in [1.54, 1.807) is 0 Å². The first-order valence-corrected chi connectivity index (χ1v) is 12.0. The van der Waals surface area contributed by atoms with E-state index in [-0.39, 0.29) is 17.0 Å². The maximum atomic E-state index is 11.9. The Hall–Kier alpha value is -2.43. The molecule has 1 amide bonds. The average molecular weight is 408 g/mol. The van der Waals surface area contributed by atoms with Crippen LogP contribution >= 0.6 is 0 Å². The molecule has 0 aliphatic carbocycles. The lowest BCUT2D eigenvalue weighted by atomic mass is 10.1. The number of rotatable bonds is 10. The van der Waals surface area contributed by atoms with Crippen LogP contribution in [0.3, 0.4) is 0 Å². The first-order valence-electron chi connectivity index (χ1n) is 10.1. The highest BCUT2D eigenvalue weighted by Gasteiger charge is 2.50. The van der Waals surface area contributed by atoms with Crippen LogP contribution in [-0.2, 0) is 9.22 Å². The normalized spacial score (nSPS) is 12.8. The average Bonchev–Trinajstić information content (AvgIpc) is 2.72. The molecule has 1 N–H and O–H groups in total. The molecule has 0 radical (unpaired) electrons. The number of carbonyl (C=O) groups excluding carboxylic acids is 1. The molecule has 0 aliphatic rings. The summed E-state index contributed by atoms with van der Waals surface area (Å²) >= 11 is 0. The smallest absolute Gasteiger partial charge is 0.261 e. The molecule has 2 aromatic carbocycles. The molecule has 29 heavy (non-hydrogen) atoms. The maximum Gasteiger partial charge on any atom is 0.261 e. The Labute approximate surface area is 176 Å². The number of carbonyl (C=O) groups is 1. The van der Waals surface area contributed by atoms with E-state index in [4.69, 9.17) is 4.43 Å². The monoisotopic (exact) mass is 407 g/mol. The lowest BCUT2D eigenvalue weighted by Gasteiger charge is -2.43. The Morgan fingerprint density at radius 3 is 1.97 bits per heavy atom. The van der Waals surface area contributed by atoms with Gasteiger partial charge in [-0.1, -0.05) is 94.1 Å². The van der Waals surface area contributed by atoms with Crippen LogP contribution in [0.15, 0.2) is 86.0 Å². The molecule has 0 bridgehead atoms. The van der Waals surface area contributed by atoms with Gasteiger partial charge in [0.2, 0.25) is 5.91 Å². The number of hydrogen-bond acceptors (Lipinski definition) is 2. The minimum absolute atomic E-state index is 0.0961. The van der Waals surface area contributed by atoms with Gasteiger partial charge in [-0.15, -0.1) is 6.58 Å². The molecule has 154 valence electrons. The van der Waals surface area contributed by atoms with Crippen molar-refractivity contribution in [1.29, 1.82) is 0 Å². The van der Waals surface area contributed by atoms with Gasteiger partial charge in [0.05, 0.1) is 12.6 Å². The van der Waals surface area contributed by atoms with Crippen molar-refractivity contribution in [2.75, 3.05) is 6.61 Å². The molecule has 0 heterocycles. The van der Waals surface area contributed by atoms with Crippen molar-refractivity contribution < 1.29 is 9.22 Å². The first-order chi connectivity index (χ1) is 13.8. The highest BCUT2D eigenvalue weighted by molar-refractivity contribution is 6.99. The first kappa shape index (κ1) is 22.9. The third-order valence-corrected chi connectivity index (χ3v) is 10.2. The van der Waals surface area contributed by atoms with Gasteiger partial charge in [-0.05, 0) is 34.3 Å². The molecule has 0 aliphatic heterocycles. The van der Waals surface area contributed by atoms with Crippen molar-refractivity contribution >= 4 is 24.6 Å². The van der Waals surface area contributed by atoms with Gasteiger partial charge in [0.25, 0.3) is 8.32 Å². The van der Waals surface area contributed by atoms with Crippen molar-refractivity contribution in [2.24, 2.45) is 0 Å². The minimum atomic E-state index is -2.62. The van der Waals surface area contributed by atoms with E-state index in [1.165, 1.54) is 16.4 Å². The van der Waals surface area contributed by atoms with E-state index in [9.17, 15) is 4.79 Å². The molecule has 2 rings (SSSR count). The molecule has 0 aromatic heterocycles. The summed E-state index contributed by atoms with van der Waals surface area (Å²) in [6.07, 6.45) is 4.77. The fraction of sp³-hybridized carbons (Fsp3) is 0.320. The Balaban J connectivity index is 2.48. The zero-order valence-electron chi connectivity index (χ0n) is 17.9. The van der Waals surface area contributed by atoms with E-state index in [0.29, 0.717) is 6.61 Å². The Bertz CT molecular complexity index is 757. The lowest BCUT2D eigenvalue weighted by Crippen LogP contribution is -2.67. The molecule has 0 saturated heterocycles. The minimum Gasteiger partial charge on any atom is -0.405 e. The van der Waals surface area contributed by atoms with Gasteiger partial charge in [-0.2, -0.15) is 0 Å². The number of hydrogen-bond donors (Lipinski definition) is 1. The van der Waals surface area contributed by atoms with E-state index < -0.39 is 8.32 Å². The summed E-state index contributed by atoms with van der Waals surface area (Å²) in [6.45, 7) is 14.6. The van der Waals surface area contributed by atoms with Gasteiger partial charge < -0.3 is 9.74 Å². The van der Waals surface area contributed by atoms with E-state index in [1.807, 2.05) is 18.2 Å². The molecule has 3 nitrogen and oxygen atoms in total. The van der Waals surface area contributed by atoms with Crippen LogP contribution in [0.1, 0.15) is 33.6 Å². The van der Waals surface area contributed by atoms with Gasteiger partial charge in [0, 0.05) is 0 Å². The van der Waals surface area contributed by atoms with E-state index >= 15 is 0 Å². The standard InChI is InChI=1S/C25H33NO2Si/c1-6-8-15-21(26-24(27)7-2)20-28-29(25(3,4)5,22-16-11-9-12-17-22)23-18-13-10-14-19-23/h6-7,9-14,16-19,21H,1-2,8,15,20H2,3-5H3,(H,26,27)/t21-/m0/s1. The van der Waals surface area contributed by atoms with Crippen molar-refractivity contribution in [3.63, 3.8) is 0 Å². The van der Waals surface area contributed by atoms with Crippen LogP contribution in [0.25, 0.3) is 0 Å². The highest BCUT2D eigenvalue weighted by atomic mass is 28.4. The number of allylic oxidation sites excluding steroid dienone is 1. The Kier molecular flexibility index (Phi) is 8.17. The Morgan fingerprint density at radius 1 is 1.03 bits per heavy atom. The quantitative estimate of drug-likeness (QED) is 0.364. The third kappa shape index (κ3) is 5.55. The molecular weight excluding hydrogens is 374 g/mol. The fourth-order valence-corrected chi connectivity index (χ4v) is 8.37. The zero-order valence-corrected chi connectivity index (χ0v) is 18.9. The summed E-state index contributed by atoms with van der Waals surface area (Å²) in [5.74, 6) is -0.176. The Morgan fingerprint density at radius 2 is 1.55 bits per heavy atom. The number of nitrogens with one attached hydrogen (secondary N) is 1. The van der Waals surface area contributed by atoms with E-state index in [0.717, 1.165) is 12.8 Å². The maximum absolute atomic E-state index is 11.9. The van der Waals surface area contributed by atoms with E-state index in [2.05, 4.69) is 87.8 Å². The summed E-state index contributed by atoms with van der Waals surface area (Å²) in [7, 11) is -2.62. The SMILES string of the molecule is C=CCC[C@@H](CO[Si](c1ccccc1)(c1ccccc1)C(C)(C)C)NC(=O)C=C. The molecule has 1 atom stereocenters. The molecule has 0 unspecified atom stereocenters. The summed E-state index contributed by atoms with van der Waals surface area (Å²) in [4.78, 5) is 11.9. The van der Waals surface area contributed by atoms with Crippen LogP contribution < -0.4 is 15.7 Å². The van der Waals surface area contributed by atoms with Crippen LogP contribution in [-0.4, -0.2) is 26.9 Å². The van der Waals surface area contributed by atoms with Gasteiger partial charge in [-0.25, -0.2) is 0 Å². The van der Waals surface area contributed by atoms with Crippen molar-refractivity contribution in [1.82, 2.24) is 5.32 Å². The zero-order chi connectivity index (χ0) is 21.3. The van der Waals surface area contributed by atoms with Crippen LogP contribution in [0.4, 0.5) is 0 Å². The molecule has 0 fully saturated rings. The van der Waals surface area contributed by atoms with Crippen molar-refractivity contribution in [2.45, 2.75) is 44.7 Å². The number of amides is 1. The van der Waals surface area contributed by atoms with Crippen molar-refractivity contribution in [3.05, 3.63) is 86.0 Å². The van der Waals surface area contributed by atoms with Gasteiger partial charge in [-0.3, -0.25) is 4.79 Å². The second kappa shape index (κ2) is 10.4. The molecule has 0 saturated carbocycles. The van der Waals surface area contributed by atoms with Crippen LogP contribution in [0.5, 0.6) is 0 Å². The second-order valence-corrected chi connectivity index (χ2v) is 12.6. The molecular formula is C25H33NO2Si. The highest BCUT2D eigenvalue weighted by Crippen LogP contribution is 2.36. The van der Waals surface area contributed by atoms with Crippen LogP contribution in [0, 0.1) is 0 Å². The van der Waals surface area contributed by atoms with Gasteiger partial charge in [0.1, 0.15) is 0 Å². The predicted molar refractivity (Wildman–Crippen MR) is 125 cm³/mol. The van der Waals surface area contributed by atoms with Crippen LogP contribution in [0.2, 0.25) is 5.04 Å². The molecule has 2 aromatic rings. The molecule has 4 heteroatoms.